The summed E-state index contributed by atoms with van der Waals surface area (Å²) >= 11 is 0. The van der Waals surface area contributed by atoms with Gasteiger partial charge in [-0.3, -0.25) is 9.98 Å². The molecule has 0 aliphatic carbocycles. The molecule has 0 atom stereocenters. The van der Waals surface area contributed by atoms with E-state index >= 15 is 0 Å². The fourth-order valence-electron chi connectivity index (χ4n) is 5.52. The van der Waals surface area contributed by atoms with E-state index in [1.54, 1.807) is 0 Å². The number of aliphatic imine (C=N–C) groups is 2. The van der Waals surface area contributed by atoms with Crippen LogP contribution in [0.4, 0.5) is 11.4 Å². The van der Waals surface area contributed by atoms with Crippen LogP contribution >= 0.6 is 0 Å². The van der Waals surface area contributed by atoms with E-state index in [4.69, 9.17) is 20.2 Å². The molecule has 234 valence electrons. The highest BCUT2D eigenvalue weighted by Gasteiger charge is 2.15. The summed E-state index contributed by atoms with van der Waals surface area (Å²) in [6.07, 6.45) is 7.88. The Labute approximate surface area is 281 Å². The third-order valence-electron chi connectivity index (χ3n) is 8.64. The van der Waals surface area contributed by atoms with Crippen LogP contribution in [-0.4, -0.2) is 32.0 Å². The first-order valence-corrected chi connectivity index (χ1v) is 16.0. The summed E-state index contributed by atoms with van der Waals surface area (Å²) in [6, 6.07) is 41.2. The SMILES string of the molecule is Cc1ccc(N=Cc2cn(-c3ccccc3)nc2-c2ccc(-c3nn(-c4ccccc4)cc3C=Nc3ccc(C)c(C)c3)cc2)cc1C. The molecule has 0 N–H and O–H groups in total. The Morgan fingerprint density at radius 1 is 0.458 bits per heavy atom. The van der Waals surface area contributed by atoms with Crippen LogP contribution in [0.25, 0.3) is 33.9 Å². The van der Waals surface area contributed by atoms with Crippen molar-refractivity contribution in [3.63, 3.8) is 0 Å². The van der Waals surface area contributed by atoms with Gasteiger partial charge in [-0.1, -0.05) is 72.8 Å². The predicted molar refractivity (Wildman–Crippen MR) is 198 cm³/mol. The van der Waals surface area contributed by atoms with E-state index in [-0.39, 0.29) is 0 Å². The zero-order chi connectivity index (χ0) is 33.0. The van der Waals surface area contributed by atoms with Gasteiger partial charge >= 0.3 is 0 Å². The van der Waals surface area contributed by atoms with E-state index in [0.29, 0.717) is 0 Å². The van der Waals surface area contributed by atoms with E-state index in [0.717, 1.165) is 56.4 Å². The second kappa shape index (κ2) is 13.3. The van der Waals surface area contributed by atoms with Crippen LogP contribution in [0.2, 0.25) is 0 Å². The fraction of sp³-hybridized carbons (Fsp3) is 0.0952. The molecule has 0 saturated heterocycles. The van der Waals surface area contributed by atoms with Crippen molar-refractivity contribution in [3.05, 3.63) is 167 Å². The van der Waals surface area contributed by atoms with Gasteiger partial charge in [0.2, 0.25) is 0 Å². The lowest BCUT2D eigenvalue weighted by molar-refractivity contribution is 0.883. The third kappa shape index (κ3) is 6.55. The first-order valence-electron chi connectivity index (χ1n) is 16.0. The Balaban J connectivity index is 1.26. The summed E-state index contributed by atoms with van der Waals surface area (Å²) in [5.41, 5.74) is 14.3. The van der Waals surface area contributed by atoms with E-state index < -0.39 is 0 Å². The number of hydrogen-bond donors (Lipinski definition) is 0. The minimum atomic E-state index is 0.851. The molecule has 6 heteroatoms. The molecule has 0 aliphatic heterocycles. The molecule has 48 heavy (non-hydrogen) atoms. The number of para-hydroxylation sites is 2. The van der Waals surface area contributed by atoms with Crippen molar-refractivity contribution in [2.45, 2.75) is 27.7 Å². The van der Waals surface area contributed by atoms with Gasteiger partial charge in [0.15, 0.2) is 0 Å². The molecule has 0 spiro atoms. The molecule has 0 bridgehead atoms. The van der Waals surface area contributed by atoms with E-state index in [1.807, 2.05) is 107 Å². The van der Waals surface area contributed by atoms with Crippen molar-refractivity contribution in [1.82, 2.24) is 19.6 Å². The standard InChI is InChI=1S/C42H36N6/c1-29-15-21-37(23-31(29)3)43-25-35-27-47(39-11-7-5-8-12-39)45-41(35)33-17-19-34(20-18-33)42-36(26-44-38-22-16-30(2)32(4)24-38)28-48(46-42)40-13-9-6-10-14-40/h5-28H,1-4H3. The molecular formula is C42H36N6. The van der Waals surface area contributed by atoms with Crippen molar-refractivity contribution in [3.8, 4) is 33.9 Å². The van der Waals surface area contributed by atoms with E-state index in [9.17, 15) is 0 Å². The Morgan fingerprint density at radius 2 is 0.854 bits per heavy atom. The molecule has 0 radical (unpaired) electrons. The molecule has 6 nitrogen and oxygen atoms in total. The highest BCUT2D eigenvalue weighted by atomic mass is 15.3. The molecule has 0 aliphatic rings. The van der Waals surface area contributed by atoms with Gasteiger partial charge in [0, 0.05) is 47.1 Å². The number of rotatable bonds is 8. The van der Waals surface area contributed by atoms with Gasteiger partial charge in [-0.25, -0.2) is 9.36 Å². The molecule has 5 aromatic carbocycles. The summed E-state index contributed by atoms with van der Waals surface area (Å²) in [5.74, 6) is 0. The predicted octanol–water partition coefficient (Wildman–Crippen LogP) is 10.1. The maximum absolute atomic E-state index is 5.02. The number of hydrogen-bond acceptors (Lipinski definition) is 4. The number of benzene rings is 5. The maximum atomic E-state index is 5.02. The summed E-state index contributed by atoms with van der Waals surface area (Å²) < 4.78 is 3.82. The summed E-state index contributed by atoms with van der Waals surface area (Å²) in [7, 11) is 0. The fourth-order valence-corrected chi connectivity index (χ4v) is 5.52. The van der Waals surface area contributed by atoms with Crippen molar-refractivity contribution in [2.75, 3.05) is 0 Å². The Bertz CT molecular complexity index is 2090. The van der Waals surface area contributed by atoms with Gasteiger partial charge in [0.05, 0.1) is 22.7 Å². The highest BCUT2D eigenvalue weighted by molar-refractivity contribution is 5.92. The third-order valence-corrected chi connectivity index (χ3v) is 8.64. The van der Waals surface area contributed by atoms with Crippen molar-refractivity contribution in [1.29, 1.82) is 0 Å². The summed E-state index contributed by atoms with van der Waals surface area (Å²) in [5, 5.41) is 10.0. The quantitative estimate of drug-likeness (QED) is 0.158. The molecule has 0 amide bonds. The Morgan fingerprint density at radius 3 is 1.23 bits per heavy atom. The number of aromatic nitrogens is 4. The lowest BCUT2D eigenvalue weighted by Gasteiger charge is -2.04. The van der Waals surface area contributed by atoms with Crippen LogP contribution in [0.15, 0.2) is 144 Å². The van der Waals surface area contributed by atoms with Crippen molar-refractivity contribution in [2.24, 2.45) is 9.98 Å². The zero-order valence-electron chi connectivity index (χ0n) is 27.5. The zero-order valence-corrected chi connectivity index (χ0v) is 27.5. The average molecular weight is 625 g/mol. The van der Waals surface area contributed by atoms with Crippen LogP contribution in [-0.2, 0) is 0 Å². The van der Waals surface area contributed by atoms with Gasteiger partial charge < -0.3 is 0 Å². The first kappa shape index (κ1) is 30.5. The van der Waals surface area contributed by atoms with Gasteiger partial charge in [-0.15, -0.1) is 0 Å². The lowest BCUT2D eigenvalue weighted by atomic mass is 10.0. The van der Waals surface area contributed by atoms with Gasteiger partial charge in [-0.05, 0) is 98.5 Å². The average Bonchev–Trinajstić information content (AvgIpc) is 3.75. The molecule has 7 rings (SSSR count). The smallest absolute Gasteiger partial charge is 0.101 e. The Hall–Kier alpha value is -6.14. The number of aryl methyl sites for hydroxylation is 4. The van der Waals surface area contributed by atoms with Crippen LogP contribution < -0.4 is 0 Å². The van der Waals surface area contributed by atoms with Gasteiger partial charge in [0.1, 0.15) is 11.4 Å². The van der Waals surface area contributed by atoms with Crippen LogP contribution in [0.3, 0.4) is 0 Å². The largest absolute Gasteiger partial charge is 0.256 e. The molecule has 2 aromatic heterocycles. The highest BCUT2D eigenvalue weighted by Crippen LogP contribution is 2.29. The normalized spacial score (nSPS) is 11.6. The maximum Gasteiger partial charge on any atom is 0.101 e. The summed E-state index contributed by atoms with van der Waals surface area (Å²) in [6.45, 7) is 8.44. The molecule has 0 saturated carbocycles. The van der Waals surface area contributed by atoms with E-state index in [2.05, 4.69) is 76.2 Å². The van der Waals surface area contributed by atoms with Crippen LogP contribution in [0, 0.1) is 27.7 Å². The van der Waals surface area contributed by atoms with E-state index in [1.165, 1.54) is 22.3 Å². The molecule has 7 aromatic rings. The lowest BCUT2D eigenvalue weighted by Crippen LogP contribution is -1.94. The second-order valence-electron chi connectivity index (χ2n) is 12.1. The molecule has 0 fully saturated rings. The second-order valence-corrected chi connectivity index (χ2v) is 12.1. The van der Waals surface area contributed by atoms with Crippen LogP contribution in [0.1, 0.15) is 33.4 Å². The minimum Gasteiger partial charge on any atom is -0.256 e. The van der Waals surface area contributed by atoms with Crippen molar-refractivity contribution >= 4 is 23.8 Å². The monoisotopic (exact) mass is 624 g/mol. The number of nitrogens with zero attached hydrogens (tertiary/aromatic N) is 6. The van der Waals surface area contributed by atoms with Gasteiger partial charge in [0.25, 0.3) is 0 Å². The summed E-state index contributed by atoms with van der Waals surface area (Å²) in [4.78, 5) is 9.66. The van der Waals surface area contributed by atoms with Gasteiger partial charge in [-0.2, -0.15) is 10.2 Å². The topological polar surface area (TPSA) is 60.4 Å². The first-order chi connectivity index (χ1) is 23.4. The van der Waals surface area contributed by atoms with Crippen molar-refractivity contribution < 1.29 is 0 Å². The molecular weight excluding hydrogens is 589 g/mol. The molecule has 0 unspecified atom stereocenters. The minimum absolute atomic E-state index is 0.851. The Kier molecular flexibility index (Phi) is 8.46. The van der Waals surface area contributed by atoms with Crippen LogP contribution in [0.5, 0.6) is 0 Å². The molecule has 2 heterocycles.